The summed E-state index contributed by atoms with van der Waals surface area (Å²) in [6.45, 7) is -5.71. The fourth-order valence-corrected chi connectivity index (χ4v) is 4.08. The molecule has 4 aromatic rings. The van der Waals surface area contributed by atoms with Crippen LogP contribution in [0, 0.1) is 19.1 Å². The van der Waals surface area contributed by atoms with Crippen molar-refractivity contribution in [1.82, 2.24) is 4.98 Å². The number of hydrogen-bond donors (Lipinski definition) is 0. The van der Waals surface area contributed by atoms with Crippen LogP contribution in [-0.2, 0) is 25.5 Å². The first-order chi connectivity index (χ1) is 19.6. The topological polar surface area (TPSA) is 12.9 Å². The van der Waals surface area contributed by atoms with E-state index < -0.39 is 55.7 Å². The van der Waals surface area contributed by atoms with Crippen molar-refractivity contribution in [3.8, 4) is 11.3 Å². The lowest BCUT2D eigenvalue weighted by molar-refractivity contribution is 0.327. The summed E-state index contributed by atoms with van der Waals surface area (Å²) in [6, 6.07) is 14.6. The van der Waals surface area contributed by atoms with E-state index in [1.165, 1.54) is 30.3 Å². The van der Waals surface area contributed by atoms with Crippen molar-refractivity contribution in [3.63, 3.8) is 0 Å². The summed E-state index contributed by atoms with van der Waals surface area (Å²) in [5.41, 5.74) is -5.19. The maximum absolute atomic E-state index is 9.56. The third-order valence-corrected chi connectivity index (χ3v) is 5.43. The van der Waals surface area contributed by atoms with Crippen molar-refractivity contribution >= 4 is 10.8 Å². The van der Waals surface area contributed by atoms with Crippen LogP contribution in [-0.4, -0.2) is 4.98 Å². The van der Waals surface area contributed by atoms with Crippen LogP contribution in [0.25, 0.3) is 22.0 Å². The Morgan fingerprint density at radius 1 is 0.828 bits per heavy atom. The van der Waals surface area contributed by atoms with Crippen LogP contribution in [0.5, 0.6) is 0 Å². The van der Waals surface area contributed by atoms with Gasteiger partial charge in [0.05, 0.1) is 5.69 Å². The molecule has 0 radical (unpaired) electrons. The van der Waals surface area contributed by atoms with Crippen LogP contribution < -0.4 is 0 Å². The number of rotatable bonds is 1. The number of aryl methyl sites for hydroxylation is 2. The molecule has 2 aliphatic rings. The molecular weight excluding hydrogens is 350 g/mol. The van der Waals surface area contributed by atoms with Gasteiger partial charge < -0.3 is 0 Å². The van der Waals surface area contributed by atoms with E-state index in [1.807, 2.05) is 0 Å². The molecule has 1 spiro atoms. The van der Waals surface area contributed by atoms with Crippen LogP contribution in [0.15, 0.2) is 66.9 Å². The molecule has 0 amide bonds. The Morgan fingerprint density at radius 2 is 1.55 bits per heavy atom. The lowest BCUT2D eigenvalue weighted by Crippen LogP contribution is -2.21. The first kappa shape index (κ1) is 8.07. The Hall–Kier alpha value is -2.93. The molecule has 6 rings (SSSR count). The molecule has 0 fully saturated rings. The largest absolute Gasteiger partial charge is 0.256 e. The van der Waals surface area contributed by atoms with E-state index in [1.54, 1.807) is 24.3 Å². The number of benzene rings is 3. The molecule has 29 heavy (non-hydrogen) atoms. The minimum absolute atomic E-state index is 0.0791. The number of nitrogens with zero attached hydrogens (tertiary/aromatic N) is 1. The molecule has 0 atom stereocenters. The van der Waals surface area contributed by atoms with Gasteiger partial charge in [0.2, 0.25) is 0 Å². The van der Waals surface area contributed by atoms with Crippen molar-refractivity contribution in [3.05, 3.63) is 100 Å². The molecule has 1 aromatic heterocycles. The van der Waals surface area contributed by atoms with Gasteiger partial charge >= 0.3 is 0 Å². The minimum Gasteiger partial charge on any atom is -0.256 e. The zero-order valence-corrected chi connectivity index (χ0v) is 15.3. The Balaban J connectivity index is 1.78. The SMILES string of the molecule is [2H]C([2H])([2H])c1cnc(-c2cc3ccccc3c3c2C([2H])([2H])C2(C([2H])([2H])c4ccccc4C2([2H])[2H])C3([2H])[2H])cc1C([2H])([2H])[2H]. The summed E-state index contributed by atoms with van der Waals surface area (Å²) in [5.74, 6) is 0. The molecule has 2 aliphatic carbocycles. The second kappa shape index (κ2) is 6.03. The average Bonchev–Trinajstić information content (AvgIpc) is 3.16. The second-order valence-electron chi connectivity index (χ2n) is 7.31. The third kappa shape index (κ3) is 2.57. The summed E-state index contributed by atoms with van der Waals surface area (Å²) in [5, 5.41) is 0.645. The van der Waals surface area contributed by atoms with Gasteiger partial charge in [0, 0.05) is 31.0 Å². The quantitative estimate of drug-likeness (QED) is 0.367. The number of hydrogen-bond acceptors (Lipinski definition) is 1. The molecule has 0 unspecified atom stereocenters. The van der Waals surface area contributed by atoms with Crippen LogP contribution in [0.2, 0.25) is 0 Å². The van der Waals surface area contributed by atoms with Gasteiger partial charge in [-0.25, -0.2) is 0 Å². The Kier molecular flexibility index (Phi) is 1.68. The van der Waals surface area contributed by atoms with Gasteiger partial charge in [-0.15, -0.1) is 0 Å². The maximum atomic E-state index is 9.56. The standard InChI is InChI=1S/C28H25N/c1-18-11-27(29-17-19(18)2)24-12-20-7-5-6-10-23(20)25-15-28(16-26(24)25)13-21-8-3-4-9-22(21)14-28/h3-12,17H,13-16H2,1-2H3/i1D3,2D3,13D2,14D2,15D2,16D2. The van der Waals surface area contributed by atoms with Gasteiger partial charge in [-0.1, -0.05) is 48.5 Å². The normalized spacial score (nSPS) is 31.3. The summed E-state index contributed by atoms with van der Waals surface area (Å²) in [4.78, 5) is 4.23. The second-order valence-corrected chi connectivity index (χ2v) is 7.31. The molecule has 0 bridgehead atoms. The van der Waals surface area contributed by atoms with E-state index in [2.05, 4.69) is 4.98 Å². The molecule has 0 saturated heterocycles. The zero-order valence-electron chi connectivity index (χ0n) is 29.3. The molecule has 142 valence electrons. The van der Waals surface area contributed by atoms with Gasteiger partial charge in [0.1, 0.15) is 0 Å². The minimum atomic E-state index is -3.04. The van der Waals surface area contributed by atoms with Gasteiger partial charge in [-0.2, -0.15) is 0 Å². The Labute approximate surface area is 192 Å². The molecule has 0 N–H and O–H groups in total. The highest BCUT2D eigenvalue weighted by Gasteiger charge is 2.43. The number of pyridine rings is 1. The lowest BCUT2D eigenvalue weighted by atomic mass is 9.81. The molecular formula is C28H25N. The average molecular weight is 390 g/mol. The highest BCUT2D eigenvalue weighted by Crippen LogP contribution is 2.51. The van der Waals surface area contributed by atoms with Crippen molar-refractivity contribution in [1.29, 1.82) is 0 Å². The molecule has 1 heteroatoms. The first-order valence-electron chi connectivity index (χ1n) is 16.3. The molecule has 1 nitrogen and oxygen atoms in total. The fourth-order valence-electron chi connectivity index (χ4n) is 4.08. The van der Waals surface area contributed by atoms with Crippen LogP contribution in [0.4, 0.5) is 0 Å². The highest BCUT2D eigenvalue weighted by atomic mass is 14.7. The maximum Gasteiger partial charge on any atom is 0.0707 e. The number of aromatic nitrogens is 1. The van der Waals surface area contributed by atoms with Crippen LogP contribution in [0.1, 0.15) is 52.6 Å². The summed E-state index contributed by atoms with van der Waals surface area (Å²) in [7, 11) is 0. The lowest BCUT2D eigenvalue weighted by Gasteiger charge is -2.22. The Morgan fingerprint density at radius 3 is 2.34 bits per heavy atom. The predicted octanol–water partition coefficient (Wildman–Crippen LogP) is 6.40. The van der Waals surface area contributed by atoms with Crippen molar-refractivity contribution in [2.45, 2.75) is 39.2 Å². The molecule has 0 saturated carbocycles. The van der Waals surface area contributed by atoms with E-state index >= 15 is 0 Å². The summed E-state index contributed by atoms with van der Waals surface area (Å²) < 4.78 is 123. The van der Waals surface area contributed by atoms with E-state index in [-0.39, 0.29) is 38.9 Å². The highest BCUT2D eigenvalue weighted by molar-refractivity contribution is 5.93. The van der Waals surface area contributed by atoms with Gasteiger partial charge in [-0.3, -0.25) is 4.98 Å². The number of fused-ring (bicyclic) bond motifs is 4. The monoisotopic (exact) mass is 389 g/mol. The van der Waals surface area contributed by atoms with Crippen molar-refractivity contribution < 1.29 is 19.2 Å². The molecule has 0 aliphatic heterocycles. The third-order valence-electron chi connectivity index (χ3n) is 5.43. The smallest absolute Gasteiger partial charge is 0.0707 e. The predicted molar refractivity (Wildman–Crippen MR) is 120 cm³/mol. The van der Waals surface area contributed by atoms with Gasteiger partial charge in [0.15, 0.2) is 0 Å². The van der Waals surface area contributed by atoms with Gasteiger partial charge in [0.25, 0.3) is 0 Å². The first-order valence-corrected chi connectivity index (χ1v) is 9.33. The van der Waals surface area contributed by atoms with Gasteiger partial charge in [-0.05, 0) is 101 Å². The van der Waals surface area contributed by atoms with Crippen molar-refractivity contribution in [2.24, 2.45) is 5.41 Å². The van der Waals surface area contributed by atoms with Crippen LogP contribution >= 0.6 is 0 Å². The fraction of sp³-hybridized carbons (Fsp3) is 0.250. The summed E-state index contributed by atoms with van der Waals surface area (Å²) >= 11 is 0. The van der Waals surface area contributed by atoms with E-state index in [0.29, 0.717) is 5.39 Å². The van der Waals surface area contributed by atoms with E-state index in [0.717, 1.165) is 12.3 Å². The zero-order chi connectivity index (χ0) is 31.8. The van der Waals surface area contributed by atoms with Crippen molar-refractivity contribution in [2.75, 3.05) is 0 Å². The Bertz CT molecular complexity index is 1780. The van der Waals surface area contributed by atoms with E-state index in [4.69, 9.17) is 8.22 Å². The molecule has 3 aromatic carbocycles. The van der Waals surface area contributed by atoms with E-state index in [9.17, 15) is 11.0 Å². The van der Waals surface area contributed by atoms with Crippen LogP contribution in [0.3, 0.4) is 0 Å². The summed E-state index contributed by atoms with van der Waals surface area (Å²) in [6.07, 6.45) is -10.8. The molecule has 1 heterocycles.